The molecule has 1 fully saturated rings. The largest absolute Gasteiger partial charge is 0.385 e. The molecule has 4 nitrogen and oxygen atoms in total. The van der Waals surface area contributed by atoms with Crippen LogP contribution in [0.25, 0.3) is 0 Å². The second-order valence-corrected chi connectivity index (χ2v) is 7.27. The van der Waals surface area contributed by atoms with E-state index in [9.17, 15) is 4.79 Å². The molecular formula is C21H35ClN2O2. The monoisotopic (exact) mass is 382 g/mol. The Morgan fingerprint density at radius 2 is 1.92 bits per heavy atom. The maximum absolute atomic E-state index is 12.9. The van der Waals surface area contributed by atoms with Crippen molar-refractivity contribution in [1.29, 1.82) is 0 Å². The molecule has 0 aliphatic carbocycles. The van der Waals surface area contributed by atoms with Crippen molar-refractivity contribution >= 4 is 18.3 Å². The average Bonchev–Trinajstić information content (AvgIpc) is 2.65. The normalized spacial score (nSPS) is 15.9. The van der Waals surface area contributed by atoms with Crippen molar-refractivity contribution < 1.29 is 9.53 Å². The Morgan fingerprint density at radius 3 is 2.58 bits per heavy atom. The summed E-state index contributed by atoms with van der Waals surface area (Å²) in [6.07, 6.45) is 5.05. The highest BCUT2D eigenvalue weighted by atomic mass is 35.5. The van der Waals surface area contributed by atoms with E-state index in [0.717, 1.165) is 39.1 Å². The number of nitrogens with zero attached hydrogens (tertiary/aromatic N) is 1. The molecule has 0 aromatic heterocycles. The molecule has 1 atom stereocenters. The zero-order valence-corrected chi connectivity index (χ0v) is 17.1. The first-order chi connectivity index (χ1) is 12.2. The summed E-state index contributed by atoms with van der Waals surface area (Å²) in [5.74, 6) is 1.44. The fourth-order valence-corrected chi connectivity index (χ4v) is 3.63. The number of benzene rings is 1. The van der Waals surface area contributed by atoms with Crippen LogP contribution in [0.5, 0.6) is 0 Å². The molecule has 1 aromatic rings. The lowest BCUT2D eigenvalue weighted by molar-refractivity contribution is -0.133. The minimum Gasteiger partial charge on any atom is -0.385 e. The Balaban J connectivity index is 0.00000338. The average molecular weight is 383 g/mol. The second-order valence-electron chi connectivity index (χ2n) is 7.27. The van der Waals surface area contributed by atoms with Gasteiger partial charge in [-0.15, -0.1) is 12.4 Å². The van der Waals surface area contributed by atoms with Crippen LogP contribution in [0.1, 0.15) is 44.6 Å². The molecule has 0 spiro atoms. The molecule has 1 aliphatic heterocycles. The summed E-state index contributed by atoms with van der Waals surface area (Å²) in [5, 5.41) is 3.41. The van der Waals surface area contributed by atoms with Crippen molar-refractivity contribution in [2.75, 3.05) is 33.4 Å². The first kappa shape index (κ1) is 22.9. The summed E-state index contributed by atoms with van der Waals surface area (Å²) in [6, 6.07) is 10.3. The lowest BCUT2D eigenvalue weighted by Crippen LogP contribution is -2.36. The van der Waals surface area contributed by atoms with Gasteiger partial charge in [0.1, 0.15) is 0 Å². The van der Waals surface area contributed by atoms with E-state index in [4.69, 9.17) is 4.74 Å². The van der Waals surface area contributed by atoms with Crippen LogP contribution < -0.4 is 5.32 Å². The number of amides is 1. The standard InChI is InChI=1S/C21H34N2O2.ClH/c1-18(20-10-12-22-13-11-20)16-21(24)23(14-6-7-15-25-2)17-19-8-4-3-5-9-19;/h3-5,8-9,18,20,22H,6-7,10-17H2,1-2H3;1H. The van der Waals surface area contributed by atoms with Gasteiger partial charge in [-0.25, -0.2) is 0 Å². The summed E-state index contributed by atoms with van der Waals surface area (Å²) in [7, 11) is 1.73. The highest BCUT2D eigenvalue weighted by molar-refractivity contribution is 5.85. The minimum absolute atomic E-state index is 0. The molecule has 0 radical (unpaired) electrons. The highest BCUT2D eigenvalue weighted by Crippen LogP contribution is 2.25. The Bertz CT molecular complexity index is 492. The number of halogens is 1. The van der Waals surface area contributed by atoms with Gasteiger partial charge in [0.05, 0.1) is 0 Å². The van der Waals surface area contributed by atoms with Gasteiger partial charge in [0.2, 0.25) is 5.91 Å². The van der Waals surface area contributed by atoms with Crippen LogP contribution in [0.2, 0.25) is 0 Å². The molecule has 0 saturated carbocycles. The van der Waals surface area contributed by atoms with Crippen LogP contribution in [-0.4, -0.2) is 44.2 Å². The van der Waals surface area contributed by atoms with Crippen LogP contribution in [0.4, 0.5) is 0 Å². The number of piperidine rings is 1. The maximum atomic E-state index is 12.9. The summed E-state index contributed by atoms with van der Waals surface area (Å²) in [4.78, 5) is 15.0. The zero-order valence-electron chi connectivity index (χ0n) is 16.3. The van der Waals surface area contributed by atoms with Crippen molar-refractivity contribution in [1.82, 2.24) is 10.2 Å². The van der Waals surface area contributed by atoms with Crippen LogP contribution >= 0.6 is 12.4 Å². The van der Waals surface area contributed by atoms with Gasteiger partial charge in [-0.2, -0.15) is 0 Å². The minimum atomic E-state index is 0. The van der Waals surface area contributed by atoms with E-state index in [0.29, 0.717) is 30.7 Å². The summed E-state index contributed by atoms with van der Waals surface area (Å²) < 4.78 is 5.14. The molecule has 1 aromatic carbocycles. The van der Waals surface area contributed by atoms with Crippen LogP contribution in [0.15, 0.2) is 30.3 Å². The van der Waals surface area contributed by atoms with Gasteiger partial charge in [0, 0.05) is 33.2 Å². The third kappa shape index (κ3) is 8.07. The first-order valence-electron chi connectivity index (χ1n) is 9.72. The maximum Gasteiger partial charge on any atom is 0.223 e. The smallest absolute Gasteiger partial charge is 0.223 e. The van der Waals surface area contributed by atoms with Gasteiger partial charge in [-0.3, -0.25) is 4.79 Å². The molecule has 2 rings (SSSR count). The summed E-state index contributed by atoms with van der Waals surface area (Å²) in [6.45, 7) is 6.72. The van der Waals surface area contributed by atoms with Gasteiger partial charge in [0.15, 0.2) is 0 Å². The Kier molecular flexibility index (Phi) is 11.6. The number of rotatable bonds is 10. The fraction of sp³-hybridized carbons (Fsp3) is 0.667. The quantitative estimate of drug-likeness (QED) is 0.624. The number of methoxy groups -OCH3 is 1. The number of unbranched alkanes of at least 4 members (excludes halogenated alkanes) is 1. The van der Waals surface area contributed by atoms with Crippen molar-refractivity contribution in [2.45, 2.75) is 45.6 Å². The molecule has 0 bridgehead atoms. The Morgan fingerprint density at radius 1 is 1.23 bits per heavy atom. The number of nitrogens with one attached hydrogen (secondary N) is 1. The van der Waals surface area contributed by atoms with E-state index in [2.05, 4.69) is 24.4 Å². The van der Waals surface area contributed by atoms with E-state index in [1.54, 1.807) is 7.11 Å². The molecular weight excluding hydrogens is 348 g/mol. The number of hydrogen-bond acceptors (Lipinski definition) is 3. The first-order valence-corrected chi connectivity index (χ1v) is 9.72. The van der Waals surface area contributed by atoms with Crippen LogP contribution in [-0.2, 0) is 16.1 Å². The van der Waals surface area contributed by atoms with Gasteiger partial charge in [-0.05, 0) is 56.2 Å². The SMILES string of the molecule is COCCCCN(Cc1ccccc1)C(=O)CC(C)C1CCNCC1.Cl. The molecule has 1 N–H and O–H groups in total. The molecule has 1 heterocycles. The van der Waals surface area contributed by atoms with E-state index in [1.807, 2.05) is 23.1 Å². The zero-order chi connectivity index (χ0) is 17.9. The lowest BCUT2D eigenvalue weighted by Gasteiger charge is -2.30. The highest BCUT2D eigenvalue weighted by Gasteiger charge is 2.24. The van der Waals surface area contributed by atoms with Gasteiger partial charge in [0.25, 0.3) is 0 Å². The van der Waals surface area contributed by atoms with E-state index in [1.165, 1.54) is 18.4 Å². The number of hydrogen-bond donors (Lipinski definition) is 1. The Labute approximate surface area is 165 Å². The molecule has 1 aliphatic rings. The lowest BCUT2D eigenvalue weighted by atomic mass is 9.84. The molecule has 1 unspecified atom stereocenters. The summed E-state index contributed by atoms with van der Waals surface area (Å²) in [5.41, 5.74) is 1.21. The number of carbonyl (C=O) groups is 1. The van der Waals surface area contributed by atoms with Crippen molar-refractivity contribution in [3.8, 4) is 0 Å². The Hall–Kier alpha value is -1.10. The number of ether oxygens (including phenoxy) is 1. The third-order valence-corrected chi connectivity index (χ3v) is 5.28. The molecule has 26 heavy (non-hydrogen) atoms. The van der Waals surface area contributed by atoms with Crippen LogP contribution in [0, 0.1) is 11.8 Å². The fourth-order valence-electron chi connectivity index (χ4n) is 3.63. The molecule has 5 heteroatoms. The molecule has 1 saturated heterocycles. The second kappa shape index (κ2) is 13.1. The van der Waals surface area contributed by atoms with Crippen LogP contribution in [0.3, 0.4) is 0 Å². The topological polar surface area (TPSA) is 41.6 Å². The van der Waals surface area contributed by atoms with Gasteiger partial charge < -0.3 is 15.0 Å². The van der Waals surface area contributed by atoms with E-state index < -0.39 is 0 Å². The van der Waals surface area contributed by atoms with Crippen molar-refractivity contribution in [2.24, 2.45) is 11.8 Å². The van der Waals surface area contributed by atoms with E-state index >= 15 is 0 Å². The third-order valence-electron chi connectivity index (χ3n) is 5.28. The van der Waals surface area contributed by atoms with E-state index in [-0.39, 0.29) is 12.4 Å². The summed E-state index contributed by atoms with van der Waals surface area (Å²) >= 11 is 0. The molecule has 1 amide bonds. The van der Waals surface area contributed by atoms with Crippen molar-refractivity contribution in [3.63, 3.8) is 0 Å². The predicted octanol–water partition coefficient (Wildman–Crippen LogP) is 3.89. The van der Waals surface area contributed by atoms with Gasteiger partial charge >= 0.3 is 0 Å². The molecule has 148 valence electrons. The van der Waals surface area contributed by atoms with Gasteiger partial charge in [-0.1, -0.05) is 37.3 Å². The number of carbonyl (C=O) groups excluding carboxylic acids is 1. The predicted molar refractivity (Wildman–Crippen MR) is 110 cm³/mol. The van der Waals surface area contributed by atoms with Crippen molar-refractivity contribution in [3.05, 3.63) is 35.9 Å².